The summed E-state index contributed by atoms with van der Waals surface area (Å²) in [6.07, 6.45) is -4.33. The number of aromatic carboxylic acids is 1. The quantitative estimate of drug-likeness (QED) is 0.388. The Labute approximate surface area is 195 Å². The molecule has 0 fully saturated rings. The Morgan fingerprint density at radius 3 is 2.35 bits per heavy atom. The summed E-state index contributed by atoms with van der Waals surface area (Å²) in [5.41, 5.74) is -4.95. The van der Waals surface area contributed by atoms with E-state index >= 15 is 0 Å². The largest absolute Gasteiger partial charge is 0.478 e. The first-order valence-corrected chi connectivity index (χ1v) is 10.1. The number of hydrogen-bond donors (Lipinski definition) is 3. The number of alkyl halides is 3. The summed E-state index contributed by atoms with van der Waals surface area (Å²) in [4.78, 5) is 24.7. The third kappa shape index (κ3) is 4.64. The molecule has 0 aliphatic rings. The van der Waals surface area contributed by atoms with Crippen LogP contribution in [0.4, 0.5) is 17.6 Å². The van der Waals surface area contributed by atoms with Gasteiger partial charge in [0.2, 0.25) is 0 Å². The fourth-order valence-electron chi connectivity index (χ4n) is 3.47. The molecule has 2 aromatic carbocycles. The van der Waals surface area contributed by atoms with Crippen molar-refractivity contribution in [2.45, 2.75) is 31.5 Å². The minimum absolute atomic E-state index is 0.0156. The fourth-order valence-corrected chi connectivity index (χ4v) is 3.80. The normalized spacial score (nSPS) is 14.4. The lowest BCUT2D eigenvalue weighted by atomic mass is 9.78. The molecule has 6 nitrogen and oxygen atoms in total. The molecule has 0 bridgehead atoms. The standard InChI is InChI=1S/C23H18ClF4NO5/c1-11-7-14(10-29-20(11)30)22(33,23(26,27)28)12(2)16-5-4-15(9-17(16)24)34-19-6-3-13(21(31)32)8-18(19)25/h3-10,12,33H,1-2H3,(H,29,30)(H,31,32). The number of aryl methyl sites for hydroxylation is 1. The van der Waals surface area contributed by atoms with E-state index in [0.717, 1.165) is 43.5 Å². The minimum atomic E-state index is -5.13. The molecule has 0 saturated carbocycles. The van der Waals surface area contributed by atoms with E-state index in [9.17, 15) is 32.3 Å². The van der Waals surface area contributed by atoms with Crippen LogP contribution in [-0.4, -0.2) is 27.3 Å². The highest BCUT2D eigenvalue weighted by Gasteiger charge is 2.59. The molecule has 0 spiro atoms. The average Bonchev–Trinajstić information content (AvgIpc) is 2.75. The van der Waals surface area contributed by atoms with Crippen molar-refractivity contribution < 1.29 is 37.3 Å². The number of carboxylic acid groups (broad SMARTS) is 1. The number of aromatic nitrogens is 1. The number of carbonyl (C=O) groups is 1. The monoisotopic (exact) mass is 499 g/mol. The summed E-state index contributed by atoms with van der Waals surface area (Å²) in [5, 5.41) is 19.6. The number of aromatic amines is 1. The molecule has 1 aromatic heterocycles. The lowest BCUT2D eigenvalue weighted by molar-refractivity contribution is -0.274. The average molecular weight is 500 g/mol. The molecule has 1 heterocycles. The molecule has 0 aliphatic heterocycles. The molecule has 0 radical (unpaired) electrons. The number of pyridine rings is 1. The van der Waals surface area contributed by atoms with Crippen LogP contribution in [-0.2, 0) is 5.60 Å². The van der Waals surface area contributed by atoms with Gasteiger partial charge < -0.3 is 19.9 Å². The molecule has 34 heavy (non-hydrogen) atoms. The van der Waals surface area contributed by atoms with Crippen molar-refractivity contribution in [1.29, 1.82) is 0 Å². The molecular formula is C23H18ClF4NO5. The summed E-state index contributed by atoms with van der Waals surface area (Å²) in [5.74, 6) is -4.27. The number of aliphatic hydroxyl groups is 1. The van der Waals surface area contributed by atoms with Crippen LogP contribution in [0.3, 0.4) is 0 Å². The summed E-state index contributed by atoms with van der Waals surface area (Å²) >= 11 is 6.21. The molecule has 180 valence electrons. The Bertz CT molecular complexity index is 1310. The van der Waals surface area contributed by atoms with E-state index in [1.807, 2.05) is 0 Å². The predicted octanol–water partition coefficient (Wildman–Crippen LogP) is 5.52. The predicted molar refractivity (Wildman–Crippen MR) is 115 cm³/mol. The number of benzene rings is 2. The zero-order chi connectivity index (χ0) is 25.4. The van der Waals surface area contributed by atoms with Gasteiger partial charge in [-0.05, 0) is 48.9 Å². The third-order valence-corrected chi connectivity index (χ3v) is 5.76. The highest BCUT2D eigenvalue weighted by Crippen LogP contribution is 2.50. The number of ether oxygens (including phenoxy) is 1. The fraction of sp³-hybridized carbons (Fsp3) is 0.217. The Morgan fingerprint density at radius 1 is 1.15 bits per heavy atom. The van der Waals surface area contributed by atoms with E-state index in [1.54, 1.807) is 0 Å². The highest BCUT2D eigenvalue weighted by atomic mass is 35.5. The number of H-pyrrole nitrogens is 1. The number of nitrogens with one attached hydrogen (secondary N) is 1. The van der Waals surface area contributed by atoms with Gasteiger partial charge in [-0.25, -0.2) is 9.18 Å². The number of hydrogen-bond acceptors (Lipinski definition) is 4. The van der Waals surface area contributed by atoms with Gasteiger partial charge in [-0.15, -0.1) is 0 Å². The first kappa shape index (κ1) is 25.3. The summed E-state index contributed by atoms with van der Waals surface area (Å²) in [7, 11) is 0. The summed E-state index contributed by atoms with van der Waals surface area (Å²) < 4.78 is 61.8. The molecule has 0 aliphatic carbocycles. The van der Waals surface area contributed by atoms with Gasteiger partial charge >= 0.3 is 12.1 Å². The van der Waals surface area contributed by atoms with Crippen molar-refractivity contribution in [3.05, 3.63) is 92.1 Å². The van der Waals surface area contributed by atoms with Crippen LogP contribution in [0.25, 0.3) is 0 Å². The van der Waals surface area contributed by atoms with E-state index in [2.05, 4.69) is 4.98 Å². The second-order valence-electron chi connectivity index (χ2n) is 7.62. The van der Waals surface area contributed by atoms with Gasteiger partial charge in [0.1, 0.15) is 5.75 Å². The van der Waals surface area contributed by atoms with Crippen LogP contribution in [0.5, 0.6) is 11.5 Å². The topological polar surface area (TPSA) is 99.6 Å². The molecule has 3 aromatic rings. The molecule has 0 saturated heterocycles. The highest BCUT2D eigenvalue weighted by molar-refractivity contribution is 6.31. The van der Waals surface area contributed by atoms with Gasteiger partial charge in [0, 0.05) is 28.3 Å². The second kappa shape index (κ2) is 9.11. The smallest absolute Gasteiger partial charge is 0.422 e. The molecule has 11 heteroatoms. The SMILES string of the molecule is Cc1cc(C(O)(C(C)c2ccc(Oc3ccc(C(=O)O)cc3F)cc2Cl)C(F)(F)F)c[nH]c1=O. The van der Waals surface area contributed by atoms with E-state index in [1.165, 1.54) is 19.1 Å². The summed E-state index contributed by atoms with van der Waals surface area (Å²) in [6.45, 7) is 2.44. The van der Waals surface area contributed by atoms with E-state index in [4.69, 9.17) is 21.4 Å². The van der Waals surface area contributed by atoms with E-state index in [-0.39, 0.29) is 33.2 Å². The first-order valence-electron chi connectivity index (χ1n) is 9.74. The van der Waals surface area contributed by atoms with Gasteiger partial charge in [-0.1, -0.05) is 24.6 Å². The van der Waals surface area contributed by atoms with Crippen molar-refractivity contribution in [2.75, 3.05) is 0 Å². The number of carboxylic acids is 1. The zero-order valence-electron chi connectivity index (χ0n) is 17.7. The first-order chi connectivity index (χ1) is 15.8. The van der Waals surface area contributed by atoms with Crippen LogP contribution in [0, 0.1) is 12.7 Å². The van der Waals surface area contributed by atoms with Crippen LogP contribution in [0.2, 0.25) is 5.02 Å². The van der Waals surface area contributed by atoms with Crippen LogP contribution in [0.1, 0.15) is 39.9 Å². The lowest BCUT2D eigenvalue weighted by Crippen LogP contribution is -2.47. The molecule has 2 unspecified atom stereocenters. The minimum Gasteiger partial charge on any atom is -0.478 e. The van der Waals surface area contributed by atoms with Gasteiger partial charge in [0.05, 0.1) is 5.56 Å². The van der Waals surface area contributed by atoms with Gasteiger partial charge in [-0.3, -0.25) is 4.79 Å². The van der Waals surface area contributed by atoms with Gasteiger partial charge in [-0.2, -0.15) is 13.2 Å². The van der Waals surface area contributed by atoms with Gasteiger partial charge in [0.15, 0.2) is 17.2 Å². The van der Waals surface area contributed by atoms with Crippen LogP contribution in [0.15, 0.2) is 53.5 Å². The molecular weight excluding hydrogens is 482 g/mol. The lowest BCUT2D eigenvalue weighted by Gasteiger charge is -2.37. The second-order valence-corrected chi connectivity index (χ2v) is 8.03. The molecule has 0 amide bonds. The Balaban J connectivity index is 1.98. The van der Waals surface area contributed by atoms with Crippen molar-refractivity contribution in [3.8, 4) is 11.5 Å². The van der Waals surface area contributed by atoms with Gasteiger partial charge in [0.25, 0.3) is 5.56 Å². The molecule has 3 N–H and O–H groups in total. The van der Waals surface area contributed by atoms with Crippen molar-refractivity contribution in [1.82, 2.24) is 4.98 Å². The summed E-state index contributed by atoms with van der Waals surface area (Å²) in [6, 6.07) is 7.49. The van der Waals surface area contributed by atoms with Crippen molar-refractivity contribution in [2.24, 2.45) is 0 Å². The van der Waals surface area contributed by atoms with Crippen molar-refractivity contribution >= 4 is 17.6 Å². The van der Waals surface area contributed by atoms with Crippen LogP contribution >= 0.6 is 11.6 Å². The van der Waals surface area contributed by atoms with Crippen LogP contribution < -0.4 is 10.3 Å². The third-order valence-electron chi connectivity index (χ3n) is 5.43. The maximum absolute atomic E-state index is 14.1. The Morgan fingerprint density at radius 2 is 1.82 bits per heavy atom. The maximum Gasteiger partial charge on any atom is 0.422 e. The molecule has 2 atom stereocenters. The molecule has 3 rings (SSSR count). The number of halogens is 5. The maximum atomic E-state index is 14.1. The Kier molecular flexibility index (Phi) is 6.77. The zero-order valence-corrected chi connectivity index (χ0v) is 18.5. The Hall–Kier alpha value is -3.37. The van der Waals surface area contributed by atoms with Crippen molar-refractivity contribution in [3.63, 3.8) is 0 Å². The van der Waals surface area contributed by atoms with E-state index in [0.29, 0.717) is 0 Å². The van der Waals surface area contributed by atoms with E-state index < -0.39 is 40.6 Å². The number of rotatable bonds is 6.